The number of fused-ring (bicyclic) bond motifs is 1. The van der Waals surface area contributed by atoms with Crippen molar-refractivity contribution in [3.05, 3.63) is 23.4 Å². The SMILES string of the molecule is CNCC1CN(c2ccc3c(n2)CCC3)CCO1. The number of anilines is 1. The molecule has 2 aliphatic rings. The summed E-state index contributed by atoms with van der Waals surface area (Å²) in [5.41, 5.74) is 2.75. The van der Waals surface area contributed by atoms with Crippen molar-refractivity contribution in [2.24, 2.45) is 0 Å². The van der Waals surface area contributed by atoms with Gasteiger partial charge in [0.05, 0.1) is 12.7 Å². The number of hydrogen-bond acceptors (Lipinski definition) is 4. The molecule has 3 rings (SSSR count). The predicted octanol–water partition coefficient (Wildman–Crippen LogP) is 0.995. The molecule has 0 spiro atoms. The van der Waals surface area contributed by atoms with Crippen LogP contribution in [0.4, 0.5) is 5.82 Å². The summed E-state index contributed by atoms with van der Waals surface area (Å²) in [6.07, 6.45) is 3.89. The van der Waals surface area contributed by atoms with Gasteiger partial charge in [-0.1, -0.05) is 6.07 Å². The topological polar surface area (TPSA) is 37.4 Å². The van der Waals surface area contributed by atoms with Gasteiger partial charge in [0.1, 0.15) is 5.82 Å². The van der Waals surface area contributed by atoms with Crippen molar-refractivity contribution in [2.45, 2.75) is 25.4 Å². The van der Waals surface area contributed by atoms with Crippen LogP contribution in [0.15, 0.2) is 12.1 Å². The van der Waals surface area contributed by atoms with Crippen molar-refractivity contribution >= 4 is 5.82 Å². The van der Waals surface area contributed by atoms with Gasteiger partial charge in [0.25, 0.3) is 0 Å². The predicted molar refractivity (Wildman–Crippen MR) is 72.1 cm³/mol. The minimum absolute atomic E-state index is 0.277. The summed E-state index contributed by atoms with van der Waals surface area (Å²) < 4.78 is 5.73. The molecule has 98 valence electrons. The fourth-order valence-electron chi connectivity index (χ4n) is 2.86. The van der Waals surface area contributed by atoms with Gasteiger partial charge in [0.15, 0.2) is 0 Å². The maximum Gasteiger partial charge on any atom is 0.128 e. The van der Waals surface area contributed by atoms with Crippen LogP contribution in [-0.4, -0.2) is 44.4 Å². The van der Waals surface area contributed by atoms with Gasteiger partial charge in [-0.05, 0) is 37.9 Å². The number of ether oxygens (including phenoxy) is 1. The van der Waals surface area contributed by atoms with E-state index < -0.39 is 0 Å². The maximum absolute atomic E-state index is 5.73. The number of pyridine rings is 1. The lowest BCUT2D eigenvalue weighted by molar-refractivity contribution is 0.0419. The molecular formula is C14H21N3O. The summed E-state index contributed by atoms with van der Waals surface area (Å²) in [6.45, 7) is 3.59. The zero-order valence-electron chi connectivity index (χ0n) is 11.0. The molecule has 1 saturated heterocycles. The minimum Gasteiger partial charge on any atom is -0.373 e. The van der Waals surface area contributed by atoms with Crippen LogP contribution in [0, 0.1) is 0 Å². The van der Waals surface area contributed by atoms with E-state index in [2.05, 4.69) is 22.3 Å². The van der Waals surface area contributed by atoms with E-state index in [1.165, 1.54) is 24.1 Å². The van der Waals surface area contributed by atoms with Crippen LogP contribution in [0.5, 0.6) is 0 Å². The average Bonchev–Trinajstić information content (AvgIpc) is 2.86. The molecule has 1 fully saturated rings. The van der Waals surface area contributed by atoms with E-state index in [0.717, 1.165) is 38.5 Å². The first kappa shape index (κ1) is 11.9. The highest BCUT2D eigenvalue weighted by atomic mass is 16.5. The molecule has 1 aromatic heterocycles. The van der Waals surface area contributed by atoms with Crippen LogP contribution < -0.4 is 10.2 Å². The molecule has 0 radical (unpaired) electrons. The third-order valence-electron chi connectivity index (χ3n) is 3.81. The van der Waals surface area contributed by atoms with Crippen molar-refractivity contribution in [3.63, 3.8) is 0 Å². The third-order valence-corrected chi connectivity index (χ3v) is 3.81. The van der Waals surface area contributed by atoms with E-state index in [1.54, 1.807) is 0 Å². The molecule has 0 saturated carbocycles. The Bertz CT molecular complexity index is 420. The summed E-state index contributed by atoms with van der Waals surface area (Å²) >= 11 is 0. The van der Waals surface area contributed by atoms with Crippen LogP contribution in [0.2, 0.25) is 0 Å². The molecule has 0 amide bonds. The highest BCUT2D eigenvalue weighted by Gasteiger charge is 2.22. The Morgan fingerprint density at radius 3 is 3.28 bits per heavy atom. The Labute approximate surface area is 108 Å². The molecule has 1 unspecified atom stereocenters. The molecule has 1 aromatic rings. The van der Waals surface area contributed by atoms with Crippen molar-refractivity contribution in [1.29, 1.82) is 0 Å². The molecule has 18 heavy (non-hydrogen) atoms. The number of nitrogens with one attached hydrogen (secondary N) is 1. The van der Waals surface area contributed by atoms with E-state index in [1.807, 2.05) is 7.05 Å². The molecule has 1 N–H and O–H groups in total. The number of aryl methyl sites for hydroxylation is 2. The Kier molecular flexibility index (Phi) is 3.48. The summed E-state index contributed by atoms with van der Waals surface area (Å²) in [7, 11) is 1.97. The van der Waals surface area contributed by atoms with Gasteiger partial charge in [-0.25, -0.2) is 4.98 Å². The molecular weight excluding hydrogens is 226 g/mol. The maximum atomic E-state index is 5.73. The summed E-state index contributed by atoms with van der Waals surface area (Å²) in [5, 5.41) is 3.18. The van der Waals surface area contributed by atoms with E-state index in [0.29, 0.717) is 0 Å². The van der Waals surface area contributed by atoms with Crippen LogP contribution in [0.25, 0.3) is 0 Å². The van der Waals surface area contributed by atoms with Crippen LogP contribution in [-0.2, 0) is 17.6 Å². The molecule has 4 nitrogen and oxygen atoms in total. The lowest BCUT2D eigenvalue weighted by Gasteiger charge is -2.33. The van der Waals surface area contributed by atoms with E-state index in [4.69, 9.17) is 9.72 Å². The van der Waals surface area contributed by atoms with Crippen molar-refractivity contribution in [1.82, 2.24) is 10.3 Å². The lowest BCUT2D eigenvalue weighted by atomic mass is 10.2. The lowest BCUT2D eigenvalue weighted by Crippen LogP contribution is -2.46. The number of morpholine rings is 1. The number of aromatic nitrogens is 1. The molecule has 1 aliphatic heterocycles. The second-order valence-electron chi connectivity index (χ2n) is 5.13. The quantitative estimate of drug-likeness (QED) is 0.864. The number of rotatable bonds is 3. The van der Waals surface area contributed by atoms with Gasteiger partial charge in [-0.3, -0.25) is 0 Å². The van der Waals surface area contributed by atoms with Gasteiger partial charge in [0.2, 0.25) is 0 Å². The standard InChI is InChI=1S/C14H21N3O/c1-15-9-12-10-17(7-8-18-12)14-6-5-11-3-2-4-13(11)16-14/h5-6,12,15H,2-4,7-10H2,1H3. The second kappa shape index (κ2) is 5.24. The first-order chi connectivity index (χ1) is 8.86. The molecule has 2 heterocycles. The summed E-state index contributed by atoms with van der Waals surface area (Å²) in [6, 6.07) is 4.43. The smallest absolute Gasteiger partial charge is 0.128 e. The highest BCUT2D eigenvalue weighted by Crippen LogP contribution is 2.24. The minimum atomic E-state index is 0.277. The van der Waals surface area contributed by atoms with Crippen molar-refractivity contribution < 1.29 is 4.74 Å². The first-order valence-electron chi connectivity index (χ1n) is 6.87. The van der Waals surface area contributed by atoms with Crippen molar-refractivity contribution in [2.75, 3.05) is 38.2 Å². The number of nitrogens with zero attached hydrogens (tertiary/aromatic N) is 2. The van der Waals surface area contributed by atoms with Crippen LogP contribution in [0.3, 0.4) is 0 Å². The monoisotopic (exact) mass is 247 g/mol. The fourth-order valence-corrected chi connectivity index (χ4v) is 2.86. The van der Waals surface area contributed by atoms with Gasteiger partial charge >= 0.3 is 0 Å². The summed E-state index contributed by atoms with van der Waals surface area (Å²) in [4.78, 5) is 7.17. The largest absolute Gasteiger partial charge is 0.373 e. The molecule has 1 aliphatic carbocycles. The van der Waals surface area contributed by atoms with Gasteiger partial charge in [0, 0.05) is 25.3 Å². The van der Waals surface area contributed by atoms with Crippen LogP contribution in [0.1, 0.15) is 17.7 Å². The van der Waals surface area contributed by atoms with Crippen LogP contribution >= 0.6 is 0 Å². The molecule has 0 bridgehead atoms. The number of hydrogen-bond donors (Lipinski definition) is 1. The van der Waals surface area contributed by atoms with Gasteiger partial charge in [-0.2, -0.15) is 0 Å². The Morgan fingerprint density at radius 1 is 1.44 bits per heavy atom. The molecule has 4 heteroatoms. The zero-order valence-corrected chi connectivity index (χ0v) is 11.0. The highest BCUT2D eigenvalue weighted by molar-refractivity contribution is 5.43. The molecule has 0 aromatic carbocycles. The Hall–Kier alpha value is -1.13. The Morgan fingerprint density at radius 2 is 2.39 bits per heavy atom. The van der Waals surface area contributed by atoms with E-state index in [-0.39, 0.29) is 6.10 Å². The Balaban J connectivity index is 1.73. The van der Waals surface area contributed by atoms with Crippen molar-refractivity contribution in [3.8, 4) is 0 Å². The summed E-state index contributed by atoms with van der Waals surface area (Å²) in [5.74, 6) is 1.13. The van der Waals surface area contributed by atoms with Gasteiger partial charge in [-0.15, -0.1) is 0 Å². The van der Waals surface area contributed by atoms with E-state index in [9.17, 15) is 0 Å². The third kappa shape index (κ3) is 2.35. The fraction of sp³-hybridized carbons (Fsp3) is 0.643. The van der Waals surface area contributed by atoms with Gasteiger partial charge < -0.3 is 15.0 Å². The first-order valence-corrected chi connectivity index (χ1v) is 6.87. The average molecular weight is 247 g/mol. The van der Waals surface area contributed by atoms with E-state index >= 15 is 0 Å². The number of likely N-dealkylation sites (N-methyl/N-ethyl adjacent to an activating group) is 1. The zero-order chi connectivity index (χ0) is 12.4. The molecule has 1 atom stereocenters. The second-order valence-corrected chi connectivity index (χ2v) is 5.13. The normalized spacial score (nSPS) is 23.2.